The average Bonchev–Trinajstić information content (AvgIpc) is 3.57. The van der Waals surface area contributed by atoms with Gasteiger partial charge in [0.05, 0.1) is 11.9 Å². The van der Waals surface area contributed by atoms with Gasteiger partial charge in [0, 0.05) is 24.4 Å². The van der Waals surface area contributed by atoms with Gasteiger partial charge in [-0.15, -0.1) is 10.2 Å². The Bertz CT molecular complexity index is 1070. The molecule has 5 rings (SSSR count). The second kappa shape index (κ2) is 8.99. The smallest absolute Gasteiger partial charge is 0.231 e. The summed E-state index contributed by atoms with van der Waals surface area (Å²) in [4.78, 5) is 12.4. The summed E-state index contributed by atoms with van der Waals surface area (Å²) in [5, 5.41) is 12.4. The second-order valence-electron chi connectivity index (χ2n) is 7.27. The van der Waals surface area contributed by atoms with Gasteiger partial charge in [-0.05, 0) is 43.2 Å². The first-order valence-corrected chi connectivity index (χ1v) is 11.2. The van der Waals surface area contributed by atoms with Gasteiger partial charge in [-0.2, -0.15) is 0 Å². The summed E-state index contributed by atoms with van der Waals surface area (Å²) in [5.41, 5.74) is 1.78. The number of rotatable bonds is 7. The number of thioether (sulfide) groups is 1. The van der Waals surface area contributed by atoms with E-state index in [4.69, 9.17) is 14.2 Å². The van der Waals surface area contributed by atoms with Gasteiger partial charge in [-0.25, -0.2) is 0 Å². The van der Waals surface area contributed by atoms with E-state index in [-0.39, 0.29) is 24.6 Å². The van der Waals surface area contributed by atoms with Crippen LogP contribution in [-0.2, 0) is 9.53 Å². The summed E-state index contributed by atoms with van der Waals surface area (Å²) in [7, 11) is 0. The number of para-hydroxylation sites is 1. The van der Waals surface area contributed by atoms with Crippen LogP contribution in [0.2, 0.25) is 0 Å². The van der Waals surface area contributed by atoms with E-state index < -0.39 is 0 Å². The molecule has 1 saturated heterocycles. The summed E-state index contributed by atoms with van der Waals surface area (Å²) in [6.45, 7) is 1.54. The van der Waals surface area contributed by atoms with Crippen LogP contribution in [0.15, 0.2) is 53.7 Å². The van der Waals surface area contributed by atoms with Gasteiger partial charge >= 0.3 is 0 Å². The van der Waals surface area contributed by atoms with Gasteiger partial charge in [0.2, 0.25) is 12.7 Å². The topological polar surface area (TPSA) is 87.5 Å². The van der Waals surface area contributed by atoms with Crippen molar-refractivity contribution in [3.05, 3.63) is 48.5 Å². The fourth-order valence-corrected chi connectivity index (χ4v) is 4.39. The number of nitrogens with zero attached hydrogens (tertiary/aromatic N) is 3. The number of amides is 1. The third kappa shape index (κ3) is 4.38. The molecule has 8 nitrogen and oxygen atoms in total. The molecular formula is C22H22N4O4S. The molecule has 2 aliphatic heterocycles. The fraction of sp³-hybridized carbons (Fsp3) is 0.318. The first-order valence-electron chi connectivity index (χ1n) is 10.2. The molecule has 160 valence electrons. The summed E-state index contributed by atoms with van der Waals surface area (Å²) in [6, 6.07) is 15.5. The van der Waals surface area contributed by atoms with Crippen LogP contribution < -0.4 is 14.8 Å². The molecule has 1 N–H and O–H groups in total. The highest BCUT2D eigenvalue weighted by molar-refractivity contribution is 7.99. The summed E-state index contributed by atoms with van der Waals surface area (Å²) in [6.07, 6.45) is 2.17. The molecule has 0 radical (unpaired) electrons. The molecule has 2 aliphatic rings. The largest absolute Gasteiger partial charge is 0.454 e. The average molecular weight is 439 g/mol. The number of aromatic nitrogens is 3. The van der Waals surface area contributed by atoms with Crippen molar-refractivity contribution in [3.8, 4) is 28.6 Å². The molecule has 31 heavy (non-hydrogen) atoms. The molecule has 0 saturated carbocycles. The molecule has 2 aromatic carbocycles. The van der Waals surface area contributed by atoms with E-state index in [1.807, 2.05) is 53.1 Å². The Kier molecular flexibility index (Phi) is 5.77. The van der Waals surface area contributed by atoms with Crippen molar-refractivity contribution < 1.29 is 19.0 Å². The number of hydrogen-bond acceptors (Lipinski definition) is 7. The first-order chi connectivity index (χ1) is 15.3. The molecule has 1 atom stereocenters. The lowest BCUT2D eigenvalue weighted by Crippen LogP contribution is -2.32. The van der Waals surface area contributed by atoms with Crippen LogP contribution in [0.1, 0.15) is 12.8 Å². The van der Waals surface area contributed by atoms with Crippen molar-refractivity contribution in [3.63, 3.8) is 0 Å². The highest BCUT2D eigenvalue weighted by Crippen LogP contribution is 2.37. The minimum absolute atomic E-state index is 0.0484. The lowest BCUT2D eigenvalue weighted by molar-refractivity contribution is -0.119. The Balaban J connectivity index is 1.37. The van der Waals surface area contributed by atoms with Crippen molar-refractivity contribution in [2.45, 2.75) is 24.1 Å². The van der Waals surface area contributed by atoms with E-state index in [0.29, 0.717) is 29.0 Å². The van der Waals surface area contributed by atoms with Gasteiger partial charge < -0.3 is 19.5 Å². The van der Waals surface area contributed by atoms with Crippen molar-refractivity contribution in [2.24, 2.45) is 0 Å². The van der Waals surface area contributed by atoms with Gasteiger partial charge in [0.15, 0.2) is 22.5 Å². The maximum absolute atomic E-state index is 12.4. The van der Waals surface area contributed by atoms with Crippen molar-refractivity contribution in [2.75, 3.05) is 25.7 Å². The van der Waals surface area contributed by atoms with Crippen LogP contribution in [0.25, 0.3) is 17.1 Å². The maximum atomic E-state index is 12.4. The maximum Gasteiger partial charge on any atom is 0.231 e. The minimum Gasteiger partial charge on any atom is -0.454 e. The molecule has 1 fully saturated rings. The number of fused-ring (bicyclic) bond motifs is 1. The molecule has 1 amide bonds. The van der Waals surface area contributed by atoms with Crippen molar-refractivity contribution in [1.82, 2.24) is 20.1 Å². The van der Waals surface area contributed by atoms with Crippen LogP contribution >= 0.6 is 11.8 Å². The number of ether oxygens (including phenoxy) is 3. The Labute approximate surface area is 183 Å². The summed E-state index contributed by atoms with van der Waals surface area (Å²) < 4.78 is 18.4. The highest BCUT2D eigenvalue weighted by Gasteiger charge is 2.21. The molecular weight excluding hydrogens is 416 g/mol. The van der Waals surface area contributed by atoms with E-state index in [1.54, 1.807) is 0 Å². The lowest BCUT2D eigenvalue weighted by atomic mass is 10.2. The van der Waals surface area contributed by atoms with Crippen molar-refractivity contribution >= 4 is 17.7 Å². The monoisotopic (exact) mass is 438 g/mol. The summed E-state index contributed by atoms with van der Waals surface area (Å²) >= 11 is 1.35. The predicted octanol–water partition coefficient (Wildman–Crippen LogP) is 3.05. The van der Waals surface area contributed by atoms with E-state index in [0.717, 1.165) is 30.7 Å². The standard InChI is InChI=1S/C22H22N4O4S/c27-20(23-12-17-7-4-10-28-17)13-31-22-25-24-21(26(22)16-5-2-1-3-6-16)15-8-9-18-19(11-15)30-14-29-18/h1-3,5-6,8-9,11,17H,4,7,10,12-14H2,(H,23,27). The normalized spacial score (nSPS) is 17.1. The Morgan fingerprint density at radius 2 is 2.00 bits per heavy atom. The third-order valence-electron chi connectivity index (χ3n) is 5.16. The molecule has 0 spiro atoms. The minimum atomic E-state index is -0.0484. The van der Waals surface area contributed by atoms with Gasteiger partial charge in [-0.1, -0.05) is 30.0 Å². The Hall–Kier alpha value is -3.04. The molecule has 0 aliphatic carbocycles. The second-order valence-corrected chi connectivity index (χ2v) is 8.22. The van der Waals surface area contributed by atoms with Gasteiger partial charge in [0.25, 0.3) is 0 Å². The SMILES string of the molecule is O=C(CSc1nnc(-c2ccc3c(c2)OCO3)n1-c1ccccc1)NCC1CCCO1. The molecule has 3 heterocycles. The van der Waals surface area contributed by atoms with Crippen LogP contribution in [-0.4, -0.2) is 52.5 Å². The zero-order valence-corrected chi connectivity index (χ0v) is 17.6. The molecule has 1 aromatic heterocycles. The molecule has 9 heteroatoms. The number of nitrogens with one attached hydrogen (secondary N) is 1. The van der Waals surface area contributed by atoms with Crippen molar-refractivity contribution in [1.29, 1.82) is 0 Å². The quantitative estimate of drug-likeness (QED) is 0.567. The van der Waals surface area contributed by atoms with E-state index in [2.05, 4.69) is 15.5 Å². The van der Waals surface area contributed by atoms with E-state index in [1.165, 1.54) is 11.8 Å². The van der Waals surface area contributed by atoms with Crippen LogP contribution in [0, 0.1) is 0 Å². The number of benzene rings is 2. The number of carbonyl (C=O) groups excluding carboxylic acids is 1. The third-order valence-corrected chi connectivity index (χ3v) is 6.09. The first kappa shape index (κ1) is 19.9. The van der Waals surface area contributed by atoms with Crippen LogP contribution in [0.3, 0.4) is 0 Å². The Morgan fingerprint density at radius 1 is 1.13 bits per heavy atom. The van der Waals surface area contributed by atoms with Crippen LogP contribution in [0.4, 0.5) is 0 Å². The van der Waals surface area contributed by atoms with Gasteiger partial charge in [0.1, 0.15) is 0 Å². The Morgan fingerprint density at radius 3 is 2.84 bits per heavy atom. The fourth-order valence-electron chi connectivity index (χ4n) is 3.61. The molecule has 0 bridgehead atoms. The van der Waals surface area contributed by atoms with E-state index >= 15 is 0 Å². The highest BCUT2D eigenvalue weighted by atomic mass is 32.2. The zero-order chi connectivity index (χ0) is 21.0. The van der Waals surface area contributed by atoms with E-state index in [9.17, 15) is 4.79 Å². The predicted molar refractivity (Wildman–Crippen MR) is 116 cm³/mol. The summed E-state index contributed by atoms with van der Waals surface area (Å²) in [5.74, 6) is 2.27. The number of hydrogen-bond donors (Lipinski definition) is 1. The molecule has 3 aromatic rings. The number of carbonyl (C=O) groups is 1. The van der Waals surface area contributed by atoms with Crippen LogP contribution in [0.5, 0.6) is 11.5 Å². The zero-order valence-electron chi connectivity index (χ0n) is 16.8. The van der Waals surface area contributed by atoms with Gasteiger partial charge in [-0.3, -0.25) is 9.36 Å². The molecule has 1 unspecified atom stereocenters. The lowest BCUT2D eigenvalue weighted by Gasteiger charge is -2.12.